The van der Waals surface area contributed by atoms with Crippen molar-refractivity contribution < 1.29 is 14.7 Å². The van der Waals surface area contributed by atoms with E-state index in [1.165, 1.54) is 0 Å². The zero-order chi connectivity index (χ0) is 14.4. The zero-order valence-corrected chi connectivity index (χ0v) is 11.3. The third-order valence-electron chi connectivity index (χ3n) is 3.53. The Bertz CT molecular complexity index is 461. The number of rotatable bonds is 5. The highest BCUT2D eigenvalue weighted by Crippen LogP contribution is 2.25. The number of para-hydroxylation sites is 1. The first kappa shape index (κ1) is 14.5. The number of nitrogens with one attached hydrogen (secondary N) is 2. The van der Waals surface area contributed by atoms with Crippen molar-refractivity contribution in [3.63, 3.8) is 0 Å². The van der Waals surface area contributed by atoms with E-state index in [1.807, 2.05) is 30.3 Å². The van der Waals surface area contributed by atoms with Crippen LogP contribution in [-0.4, -0.2) is 29.6 Å². The number of hydrogen-bond acceptors (Lipinski definition) is 3. The highest BCUT2D eigenvalue weighted by Gasteiger charge is 2.31. The molecule has 0 aromatic heterocycles. The first-order valence-corrected chi connectivity index (χ1v) is 6.97. The Hall–Kier alpha value is -1.88. The summed E-state index contributed by atoms with van der Waals surface area (Å²) < 4.78 is 0. The molecular weight excluding hydrogens is 256 g/mol. The molecule has 0 aliphatic heterocycles. The molecule has 0 spiro atoms. The van der Waals surface area contributed by atoms with Crippen LogP contribution in [0.15, 0.2) is 30.3 Å². The van der Waals surface area contributed by atoms with Gasteiger partial charge in [-0.25, -0.2) is 0 Å². The van der Waals surface area contributed by atoms with Crippen LogP contribution in [0.1, 0.15) is 25.7 Å². The molecule has 2 unspecified atom stereocenters. The van der Waals surface area contributed by atoms with Crippen LogP contribution >= 0.6 is 0 Å². The van der Waals surface area contributed by atoms with Crippen molar-refractivity contribution in [3.8, 4) is 0 Å². The summed E-state index contributed by atoms with van der Waals surface area (Å²) in [4.78, 5) is 23.5. The van der Waals surface area contributed by atoms with Gasteiger partial charge >= 0.3 is 0 Å². The average Bonchev–Trinajstić information content (AvgIpc) is 2.86. The average molecular weight is 276 g/mol. The van der Waals surface area contributed by atoms with Crippen molar-refractivity contribution in [2.75, 3.05) is 11.9 Å². The highest BCUT2D eigenvalue weighted by atomic mass is 16.3. The topological polar surface area (TPSA) is 78.4 Å². The van der Waals surface area contributed by atoms with Gasteiger partial charge in [0.1, 0.15) is 0 Å². The second-order valence-electron chi connectivity index (χ2n) is 5.06. The predicted molar refractivity (Wildman–Crippen MR) is 76.0 cm³/mol. The normalized spacial score (nSPS) is 21.4. The van der Waals surface area contributed by atoms with Crippen LogP contribution < -0.4 is 10.6 Å². The van der Waals surface area contributed by atoms with Gasteiger partial charge in [0.05, 0.1) is 12.0 Å². The van der Waals surface area contributed by atoms with E-state index in [9.17, 15) is 14.7 Å². The van der Waals surface area contributed by atoms with E-state index < -0.39 is 6.10 Å². The van der Waals surface area contributed by atoms with E-state index in [0.717, 1.165) is 18.5 Å². The van der Waals surface area contributed by atoms with Gasteiger partial charge in [-0.05, 0) is 31.4 Å². The monoisotopic (exact) mass is 276 g/mol. The number of amides is 2. The molecular formula is C15H20N2O3. The Morgan fingerprint density at radius 3 is 2.60 bits per heavy atom. The minimum Gasteiger partial charge on any atom is -0.392 e. The minimum atomic E-state index is -0.534. The number of hydrogen-bond donors (Lipinski definition) is 3. The first-order valence-electron chi connectivity index (χ1n) is 6.97. The largest absolute Gasteiger partial charge is 0.392 e. The molecule has 2 amide bonds. The van der Waals surface area contributed by atoms with Gasteiger partial charge in [0.2, 0.25) is 11.8 Å². The van der Waals surface area contributed by atoms with E-state index >= 15 is 0 Å². The van der Waals surface area contributed by atoms with E-state index in [0.29, 0.717) is 13.0 Å². The van der Waals surface area contributed by atoms with Crippen LogP contribution in [0, 0.1) is 5.92 Å². The van der Waals surface area contributed by atoms with Gasteiger partial charge in [0, 0.05) is 18.7 Å². The lowest BCUT2D eigenvalue weighted by molar-refractivity contribution is -0.127. The fraction of sp³-hybridized carbons (Fsp3) is 0.467. The van der Waals surface area contributed by atoms with E-state index in [4.69, 9.17) is 0 Å². The second kappa shape index (κ2) is 7.05. The fourth-order valence-electron chi connectivity index (χ4n) is 2.42. The summed E-state index contributed by atoms with van der Waals surface area (Å²) in [5.74, 6) is -0.599. The molecule has 2 atom stereocenters. The predicted octanol–water partition coefficient (Wildman–Crippen LogP) is 1.29. The van der Waals surface area contributed by atoms with Crippen LogP contribution in [0.4, 0.5) is 5.69 Å². The highest BCUT2D eigenvalue weighted by molar-refractivity contribution is 5.91. The van der Waals surface area contributed by atoms with Crippen LogP contribution in [0.3, 0.4) is 0 Å². The summed E-state index contributed by atoms with van der Waals surface area (Å²) in [6.45, 7) is 0.292. The fourth-order valence-corrected chi connectivity index (χ4v) is 2.42. The van der Waals surface area contributed by atoms with Crippen molar-refractivity contribution in [1.82, 2.24) is 5.32 Å². The van der Waals surface area contributed by atoms with Crippen molar-refractivity contribution >= 4 is 17.5 Å². The number of carbonyl (C=O) groups is 2. The van der Waals surface area contributed by atoms with Crippen LogP contribution in [-0.2, 0) is 9.59 Å². The molecule has 1 aliphatic rings. The SMILES string of the molecule is O=C(CCNC(=O)C1CCCC1O)Nc1ccccc1. The summed E-state index contributed by atoms with van der Waals surface area (Å²) in [7, 11) is 0. The second-order valence-corrected chi connectivity index (χ2v) is 5.06. The molecule has 20 heavy (non-hydrogen) atoms. The molecule has 1 aromatic rings. The van der Waals surface area contributed by atoms with Crippen molar-refractivity contribution in [2.24, 2.45) is 5.92 Å². The van der Waals surface area contributed by atoms with E-state index in [1.54, 1.807) is 0 Å². The van der Waals surface area contributed by atoms with Gasteiger partial charge in [0.15, 0.2) is 0 Å². The van der Waals surface area contributed by atoms with Gasteiger partial charge in [-0.2, -0.15) is 0 Å². The van der Waals surface area contributed by atoms with Crippen LogP contribution in [0.2, 0.25) is 0 Å². The minimum absolute atomic E-state index is 0.136. The Labute approximate surface area is 118 Å². The molecule has 5 nitrogen and oxygen atoms in total. The summed E-state index contributed by atoms with van der Waals surface area (Å²) in [5.41, 5.74) is 0.745. The number of benzene rings is 1. The molecule has 5 heteroatoms. The summed E-state index contributed by atoms with van der Waals surface area (Å²) in [6, 6.07) is 9.19. The molecule has 2 rings (SSSR count). The summed E-state index contributed by atoms with van der Waals surface area (Å²) in [6.07, 6.45) is 1.99. The Balaban J connectivity index is 1.68. The lowest BCUT2D eigenvalue weighted by Gasteiger charge is -2.14. The standard InChI is InChI=1S/C15H20N2O3/c18-13-8-4-7-12(13)15(20)16-10-9-14(19)17-11-5-2-1-3-6-11/h1-3,5-6,12-13,18H,4,7-10H2,(H,16,20)(H,17,19). The molecule has 0 radical (unpaired) electrons. The summed E-state index contributed by atoms with van der Waals surface area (Å²) >= 11 is 0. The zero-order valence-electron chi connectivity index (χ0n) is 11.3. The van der Waals surface area contributed by atoms with Gasteiger partial charge in [-0.3, -0.25) is 9.59 Å². The number of anilines is 1. The number of aliphatic hydroxyl groups is 1. The third kappa shape index (κ3) is 4.06. The Kier molecular flexibility index (Phi) is 5.12. The molecule has 108 valence electrons. The van der Waals surface area contributed by atoms with Gasteiger partial charge in [0.25, 0.3) is 0 Å². The van der Waals surface area contributed by atoms with E-state index in [2.05, 4.69) is 10.6 Å². The lowest BCUT2D eigenvalue weighted by Crippen LogP contribution is -2.36. The third-order valence-corrected chi connectivity index (χ3v) is 3.53. The summed E-state index contributed by atoms with van der Waals surface area (Å²) in [5, 5.41) is 15.1. The molecule has 0 saturated heterocycles. The Morgan fingerprint density at radius 2 is 1.95 bits per heavy atom. The van der Waals surface area contributed by atoms with Gasteiger partial charge in [-0.15, -0.1) is 0 Å². The smallest absolute Gasteiger partial charge is 0.226 e. The number of carbonyl (C=O) groups excluding carboxylic acids is 2. The molecule has 3 N–H and O–H groups in total. The maximum Gasteiger partial charge on any atom is 0.226 e. The molecule has 1 saturated carbocycles. The van der Waals surface area contributed by atoms with Crippen molar-refractivity contribution in [3.05, 3.63) is 30.3 Å². The van der Waals surface area contributed by atoms with Crippen LogP contribution in [0.5, 0.6) is 0 Å². The molecule has 1 aliphatic carbocycles. The van der Waals surface area contributed by atoms with Crippen molar-refractivity contribution in [2.45, 2.75) is 31.8 Å². The molecule has 1 aromatic carbocycles. The van der Waals surface area contributed by atoms with E-state index in [-0.39, 0.29) is 24.2 Å². The molecule has 0 heterocycles. The van der Waals surface area contributed by atoms with Crippen molar-refractivity contribution in [1.29, 1.82) is 0 Å². The first-order chi connectivity index (χ1) is 9.66. The van der Waals surface area contributed by atoms with Gasteiger partial charge < -0.3 is 15.7 Å². The molecule has 1 fully saturated rings. The number of aliphatic hydroxyl groups excluding tert-OH is 1. The maximum atomic E-state index is 11.8. The Morgan fingerprint density at radius 1 is 1.20 bits per heavy atom. The molecule has 0 bridgehead atoms. The maximum absolute atomic E-state index is 11.8. The van der Waals surface area contributed by atoms with Gasteiger partial charge in [-0.1, -0.05) is 18.2 Å². The quantitative estimate of drug-likeness (QED) is 0.758. The van der Waals surface area contributed by atoms with Crippen LogP contribution in [0.25, 0.3) is 0 Å². The lowest BCUT2D eigenvalue weighted by atomic mass is 10.1.